The standard InChI is InChI=1S/C19H18ClF3N6O/c1-11-25-26-16-6-7-17(27-29(11)16)28-8-2-3-12(10-28)18(30)24-13-4-5-15(20)14(9-13)19(21,22)23/h4-7,9,12H,2-3,8,10H2,1H3,(H,24,30)/t12-/m0/s1. The number of aromatic nitrogens is 4. The van der Waals surface area contributed by atoms with E-state index in [0.29, 0.717) is 30.3 Å². The van der Waals surface area contributed by atoms with Gasteiger partial charge in [-0.2, -0.15) is 17.7 Å². The number of nitrogens with zero attached hydrogens (tertiary/aromatic N) is 5. The lowest BCUT2D eigenvalue weighted by atomic mass is 9.97. The van der Waals surface area contributed by atoms with E-state index >= 15 is 0 Å². The van der Waals surface area contributed by atoms with E-state index in [1.807, 2.05) is 11.0 Å². The van der Waals surface area contributed by atoms with E-state index in [1.165, 1.54) is 6.07 Å². The lowest BCUT2D eigenvalue weighted by molar-refractivity contribution is -0.137. The minimum Gasteiger partial charge on any atom is -0.354 e. The molecule has 4 rings (SSSR count). The zero-order valence-electron chi connectivity index (χ0n) is 15.9. The molecule has 1 aliphatic heterocycles. The highest BCUT2D eigenvalue weighted by Crippen LogP contribution is 2.36. The molecular weight excluding hydrogens is 421 g/mol. The molecule has 7 nitrogen and oxygen atoms in total. The summed E-state index contributed by atoms with van der Waals surface area (Å²) in [6, 6.07) is 6.97. The van der Waals surface area contributed by atoms with E-state index in [2.05, 4.69) is 20.6 Å². The molecule has 3 heterocycles. The molecule has 1 N–H and O–H groups in total. The van der Waals surface area contributed by atoms with Gasteiger partial charge in [0, 0.05) is 18.8 Å². The predicted octanol–water partition coefficient (Wildman–Crippen LogP) is 3.96. The van der Waals surface area contributed by atoms with E-state index in [1.54, 1.807) is 17.5 Å². The van der Waals surface area contributed by atoms with Crippen molar-refractivity contribution in [1.29, 1.82) is 0 Å². The summed E-state index contributed by atoms with van der Waals surface area (Å²) in [6.45, 7) is 2.93. The second-order valence-corrected chi connectivity index (χ2v) is 7.58. The third-order valence-corrected chi connectivity index (χ3v) is 5.39. The molecule has 1 atom stereocenters. The summed E-state index contributed by atoms with van der Waals surface area (Å²) in [4.78, 5) is 14.7. The summed E-state index contributed by atoms with van der Waals surface area (Å²) in [6.07, 6.45) is -3.20. The van der Waals surface area contributed by atoms with Gasteiger partial charge < -0.3 is 10.2 Å². The number of aryl methyl sites for hydroxylation is 1. The van der Waals surface area contributed by atoms with Crippen LogP contribution in [0.15, 0.2) is 30.3 Å². The molecule has 1 amide bonds. The summed E-state index contributed by atoms with van der Waals surface area (Å²) in [5.74, 6) is 0.620. The minimum atomic E-state index is -4.59. The predicted molar refractivity (Wildman–Crippen MR) is 106 cm³/mol. The summed E-state index contributed by atoms with van der Waals surface area (Å²) >= 11 is 5.64. The van der Waals surface area contributed by atoms with Gasteiger partial charge in [0.2, 0.25) is 5.91 Å². The quantitative estimate of drug-likeness (QED) is 0.670. The Morgan fingerprint density at radius 1 is 1.23 bits per heavy atom. The number of amides is 1. The molecule has 11 heteroatoms. The SMILES string of the molecule is Cc1nnc2ccc(N3CCC[C@H](C(=O)Nc4ccc(Cl)c(C(F)(F)F)c4)C3)nn12. The summed E-state index contributed by atoms with van der Waals surface area (Å²) < 4.78 is 40.8. The molecule has 0 aliphatic carbocycles. The third kappa shape index (κ3) is 4.04. The maximum absolute atomic E-state index is 13.1. The second-order valence-electron chi connectivity index (χ2n) is 7.18. The van der Waals surface area contributed by atoms with Gasteiger partial charge in [-0.15, -0.1) is 15.3 Å². The number of carbonyl (C=O) groups excluding carboxylic acids is 1. The number of piperidine rings is 1. The molecule has 1 aromatic carbocycles. The number of benzene rings is 1. The van der Waals surface area contributed by atoms with Crippen LogP contribution in [-0.4, -0.2) is 38.8 Å². The summed E-state index contributed by atoms with van der Waals surface area (Å²) in [7, 11) is 0. The smallest absolute Gasteiger partial charge is 0.354 e. The van der Waals surface area contributed by atoms with Crippen LogP contribution in [0, 0.1) is 12.8 Å². The van der Waals surface area contributed by atoms with Crippen LogP contribution in [0.5, 0.6) is 0 Å². The van der Waals surface area contributed by atoms with Crippen LogP contribution < -0.4 is 10.2 Å². The topological polar surface area (TPSA) is 75.4 Å². The molecule has 0 bridgehead atoms. The maximum Gasteiger partial charge on any atom is 0.417 e. The van der Waals surface area contributed by atoms with Gasteiger partial charge in [0.15, 0.2) is 11.5 Å². The summed E-state index contributed by atoms with van der Waals surface area (Å²) in [5.41, 5.74) is -0.284. The van der Waals surface area contributed by atoms with E-state index in [9.17, 15) is 18.0 Å². The van der Waals surface area contributed by atoms with Crippen molar-refractivity contribution in [3.05, 3.63) is 46.7 Å². The number of carbonyl (C=O) groups is 1. The van der Waals surface area contributed by atoms with Crippen LogP contribution in [0.25, 0.3) is 5.65 Å². The number of alkyl halides is 3. The first-order valence-electron chi connectivity index (χ1n) is 9.34. The van der Waals surface area contributed by atoms with Crippen molar-refractivity contribution < 1.29 is 18.0 Å². The Balaban J connectivity index is 1.49. The van der Waals surface area contributed by atoms with Crippen LogP contribution in [0.2, 0.25) is 5.02 Å². The normalized spacial score (nSPS) is 17.4. The monoisotopic (exact) mass is 438 g/mol. The molecule has 1 aliphatic rings. The minimum absolute atomic E-state index is 0.0634. The number of fused-ring (bicyclic) bond motifs is 1. The average Bonchev–Trinajstić information content (AvgIpc) is 3.09. The Hall–Kier alpha value is -2.88. The van der Waals surface area contributed by atoms with Crippen LogP contribution in [0.3, 0.4) is 0 Å². The van der Waals surface area contributed by atoms with E-state index in [0.717, 1.165) is 25.1 Å². The highest BCUT2D eigenvalue weighted by molar-refractivity contribution is 6.31. The number of halogens is 4. The number of anilines is 2. The lowest BCUT2D eigenvalue weighted by Crippen LogP contribution is -2.41. The van der Waals surface area contributed by atoms with Crippen molar-refractivity contribution in [1.82, 2.24) is 19.8 Å². The van der Waals surface area contributed by atoms with Gasteiger partial charge in [0.25, 0.3) is 0 Å². The van der Waals surface area contributed by atoms with Gasteiger partial charge >= 0.3 is 6.18 Å². The molecule has 0 spiro atoms. The Morgan fingerprint density at radius 3 is 2.80 bits per heavy atom. The summed E-state index contributed by atoms with van der Waals surface area (Å²) in [5, 5.41) is 14.7. The first kappa shape index (κ1) is 20.4. The molecule has 0 unspecified atom stereocenters. The van der Waals surface area contributed by atoms with E-state index in [4.69, 9.17) is 11.6 Å². The van der Waals surface area contributed by atoms with Crippen LogP contribution in [0.4, 0.5) is 24.7 Å². The van der Waals surface area contributed by atoms with Gasteiger partial charge in [0.05, 0.1) is 16.5 Å². The fraction of sp³-hybridized carbons (Fsp3) is 0.368. The van der Waals surface area contributed by atoms with E-state index in [-0.39, 0.29) is 17.5 Å². The zero-order valence-corrected chi connectivity index (χ0v) is 16.7. The number of hydrogen-bond donors (Lipinski definition) is 1. The highest BCUT2D eigenvalue weighted by atomic mass is 35.5. The molecule has 1 saturated heterocycles. The van der Waals surface area contributed by atoms with Gasteiger partial charge in [-0.1, -0.05) is 11.6 Å². The number of rotatable bonds is 3. The van der Waals surface area contributed by atoms with Crippen molar-refractivity contribution in [3.8, 4) is 0 Å². The molecule has 1 fully saturated rings. The largest absolute Gasteiger partial charge is 0.417 e. The molecule has 158 valence electrons. The van der Waals surface area contributed by atoms with Crippen LogP contribution in [0.1, 0.15) is 24.2 Å². The third-order valence-electron chi connectivity index (χ3n) is 5.06. The van der Waals surface area contributed by atoms with Crippen LogP contribution in [-0.2, 0) is 11.0 Å². The number of hydrogen-bond acceptors (Lipinski definition) is 5. The van der Waals surface area contributed by atoms with Crippen molar-refractivity contribution in [2.75, 3.05) is 23.3 Å². The van der Waals surface area contributed by atoms with Gasteiger partial charge in [-0.05, 0) is 50.1 Å². The van der Waals surface area contributed by atoms with E-state index < -0.39 is 16.8 Å². The van der Waals surface area contributed by atoms with Crippen molar-refractivity contribution >= 4 is 34.7 Å². The molecule has 30 heavy (non-hydrogen) atoms. The van der Waals surface area contributed by atoms with Gasteiger partial charge in [-0.3, -0.25) is 4.79 Å². The Morgan fingerprint density at radius 2 is 2.03 bits per heavy atom. The molecule has 0 saturated carbocycles. The van der Waals surface area contributed by atoms with Crippen molar-refractivity contribution in [2.24, 2.45) is 5.92 Å². The highest BCUT2D eigenvalue weighted by Gasteiger charge is 2.34. The Kier molecular flexibility index (Phi) is 5.27. The van der Waals surface area contributed by atoms with Crippen molar-refractivity contribution in [2.45, 2.75) is 25.9 Å². The molecular formula is C19H18ClF3N6O. The number of nitrogens with one attached hydrogen (secondary N) is 1. The van der Waals surface area contributed by atoms with Crippen molar-refractivity contribution in [3.63, 3.8) is 0 Å². The molecule has 2 aromatic heterocycles. The fourth-order valence-electron chi connectivity index (χ4n) is 3.52. The fourth-order valence-corrected chi connectivity index (χ4v) is 3.74. The van der Waals surface area contributed by atoms with Gasteiger partial charge in [-0.25, -0.2) is 0 Å². The first-order chi connectivity index (χ1) is 14.2. The van der Waals surface area contributed by atoms with Gasteiger partial charge in [0.1, 0.15) is 5.82 Å². The average molecular weight is 439 g/mol. The maximum atomic E-state index is 13.1. The lowest BCUT2D eigenvalue weighted by Gasteiger charge is -2.32. The first-order valence-corrected chi connectivity index (χ1v) is 9.72. The Bertz CT molecular complexity index is 1100. The Labute approximate surface area is 174 Å². The second kappa shape index (κ2) is 7.75. The molecule has 3 aromatic rings. The zero-order chi connectivity index (χ0) is 21.5. The molecule has 0 radical (unpaired) electrons. The van der Waals surface area contributed by atoms with Crippen LogP contribution >= 0.6 is 11.6 Å².